The molecule has 1 atom stereocenters. The highest BCUT2D eigenvalue weighted by Gasteiger charge is 2.34. The fraction of sp³-hybridized carbons (Fsp3) is 0.538. The predicted molar refractivity (Wildman–Crippen MR) is 77.1 cm³/mol. The van der Waals surface area contributed by atoms with Crippen LogP contribution in [-0.4, -0.2) is 17.0 Å². The summed E-state index contributed by atoms with van der Waals surface area (Å²) in [5, 5.41) is 6.57. The largest absolute Gasteiger partial charge is 0.312 e. The summed E-state index contributed by atoms with van der Waals surface area (Å²) in [6, 6.07) is 0.439. The Balaban J connectivity index is 2.03. The molecule has 0 aliphatic heterocycles. The van der Waals surface area contributed by atoms with E-state index < -0.39 is 0 Å². The zero-order valence-corrected chi connectivity index (χ0v) is 12.5. The molecule has 0 amide bonds. The molecule has 18 heavy (non-hydrogen) atoms. The second kappa shape index (κ2) is 4.40. The van der Waals surface area contributed by atoms with Gasteiger partial charge in [0.25, 0.3) is 0 Å². The minimum atomic E-state index is 0.327. The van der Waals surface area contributed by atoms with E-state index in [2.05, 4.69) is 29.5 Å². The highest BCUT2D eigenvalue weighted by atomic mass is 32.1. The second-order valence-electron chi connectivity index (χ2n) is 5.59. The maximum absolute atomic E-state index is 4.81. The van der Waals surface area contributed by atoms with Gasteiger partial charge in [-0.2, -0.15) is 0 Å². The zero-order chi connectivity index (χ0) is 12.8. The van der Waals surface area contributed by atoms with Crippen molar-refractivity contribution in [2.75, 3.05) is 7.05 Å². The monoisotopic (exact) mass is 279 g/mol. The van der Waals surface area contributed by atoms with Gasteiger partial charge in [-0.15, -0.1) is 22.7 Å². The zero-order valence-electron chi connectivity index (χ0n) is 10.9. The van der Waals surface area contributed by atoms with Gasteiger partial charge in [0.1, 0.15) is 10.7 Å². The fourth-order valence-corrected chi connectivity index (χ4v) is 4.36. The Hall–Kier alpha value is -0.780. The molecule has 3 rings (SSSR count). The molecule has 0 fully saturated rings. The van der Waals surface area contributed by atoms with Gasteiger partial charge in [-0.3, -0.25) is 0 Å². The Morgan fingerprint density at radius 3 is 2.94 bits per heavy atom. The van der Waals surface area contributed by atoms with E-state index in [1.807, 2.05) is 12.6 Å². The first-order chi connectivity index (χ1) is 8.59. The van der Waals surface area contributed by atoms with Gasteiger partial charge in [-0.25, -0.2) is 9.97 Å². The van der Waals surface area contributed by atoms with Crippen molar-refractivity contribution in [1.29, 1.82) is 0 Å². The lowest BCUT2D eigenvalue weighted by Gasteiger charge is -2.34. The molecule has 2 aromatic rings. The number of thiazole rings is 2. The van der Waals surface area contributed by atoms with Gasteiger partial charge in [0.15, 0.2) is 0 Å². The lowest BCUT2D eigenvalue weighted by Crippen LogP contribution is -2.30. The summed E-state index contributed by atoms with van der Waals surface area (Å²) < 4.78 is 0. The lowest BCUT2D eigenvalue weighted by atomic mass is 9.76. The molecule has 0 saturated heterocycles. The molecule has 96 valence electrons. The van der Waals surface area contributed by atoms with E-state index in [0.717, 1.165) is 17.1 Å². The number of hydrogen-bond acceptors (Lipinski definition) is 5. The van der Waals surface area contributed by atoms with Crippen LogP contribution in [0.4, 0.5) is 0 Å². The van der Waals surface area contributed by atoms with Crippen molar-refractivity contribution in [3.63, 3.8) is 0 Å². The summed E-state index contributed by atoms with van der Waals surface area (Å²) in [6.45, 7) is 4.64. The maximum atomic E-state index is 4.81. The van der Waals surface area contributed by atoms with Crippen LogP contribution in [0, 0.1) is 5.41 Å². The van der Waals surface area contributed by atoms with Crippen molar-refractivity contribution in [2.24, 2.45) is 5.41 Å². The van der Waals surface area contributed by atoms with Crippen LogP contribution in [-0.2, 0) is 6.42 Å². The molecule has 3 nitrogen and oxygen atoms in total. The first-order valence-electron chi connectivity index (χ1n) is 6.14. The van der Waals surface area contributed by atoms with Crippen LogP contribution in [0.15, 0.2) is 10.9 Å². The van der Waals surface area contributed by atoms with Crippen LogP contribution in [0.5, 0.6) is 0 Å². The van der Waals surface area contributed by atoms with Crippen molar-refractivity contribution in [3.8, 4) is 10.7 Å². The Bertz CT molecular complexity index is 543. The van der Waals surface area contributed by atoms with Crippen LogP contribution in [0.2, 0.25) is 0 Å². The van der Waals surface area contributed by atoms with E-state index in [9.17, 15) is 0 Å². The molecule has 1 aliphatic carbocycles. The smallest absolute Gasteiger partial charge is 0.143 e. The second-order valence-corrected chi connectivity index (χ2v) is 7.34. The van der Waals surface area contributed by atoms with E-state index in [0.29, 0.717) is 11.5 Å². The van der Waals surface area contributed by atoms with E-state index in [4.69, 9.17) is 4.98 Å². The van der Waals surface area contributed by atoms with E-state index >= 15 is 0 Å². The van der Waals surface area contributed by atoms with Gasteiger partial charge in [0, 0.05) is 16.3 Å². The highest BCUT2D eigenvalue weighted by Crippen LogP contribution is 2.44. The third-order valence-corrected chi connectivity index (χ3v) is 5.27. The Labute approximate surface area is 115 Å². The molecule has 1 N–H and O–H groups in total. The number of fused-ring (bicyclic) bond motifs is 1. The summed E-state index contributed by atoms with van der Waals surface area (Å²) >= 11 is 3.42. The Kier molecular flexibility index (Phi) is 3.00. The van der Waals surface area contributed by atoms with Gasteiger partial charge in [0.05, 0.1) is 11.2 Å². The first kappa shape index (κ1) is 12.3. The van der Waals surface area contributed by atoms with Crippen LogP contribution >= 0.6 is 22.7 Å². The molecule has 2 heterocycles. The molecule has 0 spiro atoms. The van der Waals surface area contributed by atoms with Gasteiger partial charge in [-0.05, 0) is 25.3 Å². The summed E-state index contributed by atoms with van der Waals surface area (Å²) in [6.07, 6.45) is 2.25. The number of hydrogen-bond donors (Lipinski definition) is 1. The SMILES string of the molecule is CNC1CC(C)(C)Cc2nc(-c3cscn3)sc21. The summed E-state index contributed by atoms with van der Waals surface area (Å²) in [5.41, 5.74) is 4.48. The van der Waals surface area contributed by atoms with Crippen molar-refractivity contribution in [3.05, 3.63) is 21.5 Å². The number of aromatic nitrogens is 2. The molecule has 0 bridgehead atoms. The predicted octanol–water partition coefficient (Wildman–Crippen LogP) is 3.50. The van der Waals surface area contributed by atoms with Crippen LogP contribution in [0.3, 0.4) is 0 Å². The van der Waals surface area contributed by atoms with Crippen molar-refractivity contribution < 1.29 is 0 Å². The maximum Gasteiger partial charge on any atom is 0.143 e. The average Bonchev–Trinajstić information content (AvgIpc) is 2.93. The molecule has 0 radical (unpaired) electrons. The quantitative estimate of drug-likeness (QED) is 0.914. The van der Waals surface area contributed by atoms with Crippen LogP contribution < -0.4 is 5.32 Å². The van der Waals surface area contributed by atoms with Crippen molar-refractivity contribution in [2.45, 2.75) is 32.7 Å². The van der Waals surface area contributed by atoms with Gasteiger partial charge in [-0.1, -0.05) is 13.8 Å². The van der Waals surface area contributed by atoms with E-state index in [-0.39, 0.29) is 0 Å². The molecule has 5 heteroatoms. The highest BCUT2D eigenvalue weighted by molar-refractivity contribution is 7.15. The standard InChI is InChI=1S/C13H17N3S2/c1-13(2)4-8(14-3)11-9(5-13)16-12(18-11)10-6-17-7-15-10/h6-8,14H,4-5H2,1-3H3. The topological polar surface area (TPSA) is 37.8 Å². The molecule has 1 unspecified atom stereocenters. The third kappa shape index (κ3) is 2.11. The minimum absolute atomic E-state index is 0.327. The molecular weight excluding hydrogens is 262 g/mol. The fourth-order valence-electron chi connectivity index (χ4n) is 2.59. The van der Waals surface area contributed by atoms with Crippen LogP contribution in [0.1, 0.15) is 36.9 Å². The Morgan fingerprint density at radius 2 is 2.28 bits per heavy atom. The molecule has 1 aliphatic rings. The number of nitrogens with zero attached hydrogens (tertiary/aromatic N) is 2. The van der Waals surface area contributed by atoms with Crippen molar-refractivity contribution in [1.82, 2.24) is 15.3 Å². The summed E-state index contributed by atoms with van der Waals surface area (Å²) in [5.74, 6) is 0. The summed E-state index contributed by atoms with van der Waals surface area (Å²) in [7, 11) is 2.04. The van der Waals surface area contributed by atoms with Gasteiger partial charge >= 0.3 is 0 Å². The molecular formula is C13H17N3S2. The molecule has 0 aromatic carbocycles. The van der Waals surface area contributed by atoms with E-state index in [1.54, 1.807) is 22.7 Å². The molecule has 2 aromatic heterocycles. The summed E-state index contributed by atoms with van der Waals surface area (Å²) in [4.78, 5) is 10.6. The molecule has 0 saturated carbocycles. The van der Waals surface area contributed by atoms with E-state index in [1.165, 1.54) is 17.0 Å². The van der Waals surface area contributed by atoms with Crippen molar-refractivity contribution >= 4 is 22.7 Å². The lowest BCUT2D eigenvalue weighted by molar-refractivity contribution is 0.265. The van der Waals surface area contributed by atoms with Crippen LogP contribution in [0.25, 0.3) is 10.7 Å². The first-order valence-corrected chi connectivity index (χ1v) is 7.90. The van der Waals surface area contributed by atoms with Gasteiger partial charge in [0.2, 0.25) is 0 Å². The number of rotatable bonds is 2. The third-order valence-electron chi connectivity index (χ3n) is 3.45. The average molecular weight is 279 g/mol. The minimum Gasteiger partial charge on any atom is -0.312 e. The van der Waals surface area contributed by atoms with Gasteiger partial charge < -0.3 is 5.32 Å². The Morgan fingerprint density at radius 1 is 1.44 bits per heavy atom. The normalized spacial score (nSPS) is 21.8. The number of nitrogens with one attached hydrogen (secondary N) is 1.